The number of carbonyl (C=O) groups is 2. The number of pyridine rings is 1. The Kier molecular flexibility index (Phi) is 6.75. The van der Waals surface area contributed by atoms with Crippen molar-refractivity contribution in [3.8, 4) is 0 Å². The minimum Gasteiger partial charge on any atom is -0.364 e. The Balaban J connectivity index is 1.49. The van der Waals surface area contributed by atoms with Crippen LogP contribution in [0.4, 0.5) is 17.6 Å². The van der Waals surface area contributed by atoms with E-state index in [1.807, 2.05) is 0 Å². The van der Waals surface area contributed by atoms with Crippen LogP contribution in [0.5, 0.6) is 0 Å². The first-order valence-electron chi connectivity index (χ1n) is 9.15. The number of carbonyl (C=O) groups excluding carboxylic acids is 2. The molecule has 3 heterocycles. The van der Waals surface area contributed by atoms with E-state index in [0.717, 1.165) is 10.7 Å². The number of aromatic nitrogens is 7. The van der Waals surface area contributed by atoms with Crippen molar-refractivity contribution in [3.63, 3.8) is 0 Å². The summed E-state index contributed by atoms with van der Waals surface area (Å²) in [6.07, 6.45) is -1.50. The third-order valence-corrected chi connectivity index (χ3v) is 4.19. The van der Waals surface area contributed by atoms with Crippen LogP contribution in [0.25, 0.3) is 0 Å². The zero-order valence-electron chi connectivity index (χ0n) is 16.3. The number of alkyl halides is 4. The maximum absolute atomic E-state index is 14.2. The molecule has 15 heteroatoms. The van der Waals surface area contributed by atoms with E-state index in [1.165, 1.54) is 23.3 Å². The second-order valence-electron chi connectivity index (χ2n) is 6.71. The predicted octanol–water partition coefficient (Wildman–Crippen LogP) is 0.741. The summed E-state index contributed by atoms with van der Waals surface area (Å²) in [5.74, 6) is -1.43. The second-order valence-corrected chi connectivity index (χ2v) is 6.71. The van der Waals surface area contributed by atoms with Gasteiger partial charge in [0, 0.05) is 31.9 Å². The van der Waals surface area contributed by atoms with Crippen LogP contribution in [0, 0.1) is 0 Å². The molecule has 2 amide bonds. The predicted molar refractivity (Wildman–Crippen MR) is 98.5 cm³/mol. The SMILES string of the molecule is NC(=O)c1cn(CCC(F)Cn2cc(C(=O)NCc3cncc(C(F)(F)F)c3)nn2)nn1. The van der Waals surface area contributed by atoms with Gasteiger partial charge in [-0.2, -0.15) is 13.2 Å². The van der Waals surface area contributed by atoms with Crippen LogP contribution in [0.2, 0.25) is 0 Å². The molecule has 3 rings (SSSR count). The molecule has 1 atom stereocenters. The highest BCUT2D eigenvalue weighted by atomic mass is 19.4. The lowest BCUT2D eigenvalue weighted by molar-refractivity contribution is -0.137. The van der Waals surface area contributed by atoms with Crippen molar-refractivity contribution in [1.82, 2.24) is 40.3 Å². The van der Waals surface area contributed by atoms with E-state index in [4.69, 9.17) is 5.73 Å². The van der Waals surface area contributed by atoms with Crippen LogP contribution < -0.4 is 11.1 Å². The van der Waals surface area contributed by atoms with Gasteiger partial charge in [-0.3, -0.25) is 19.3 Å². The Labute approximate surface area is 177 Å². The molecular weight excluding hydrogens is 438 g/mol. The molecule has 3 aromatic rings. The summed E-state index contributed by atoms with van der Waals surface area (Å²) in [5.41, 5.74) is 4.12. The van der Waals surface area contributed by atoms with Gasteiger partial charge in [-0.25, -0.2) is 9.07 Å². The largest absolute Gasteiger partial charge is 0.417 e. The standard InChI is InChI=1S/C17H17F4N9O2/c18-12(1-2-29-8-13(15(22)31)25-27-29)7-30-9-14(26-28-30)16(32)24-5-10-3-11(6-23-4-10)17(19,20)21/h3-4,6,8-9,12H,1-2,5,7H2,(H2,22,31)(H,24,32). The minimum absolute atomic E-state index is 0.0193. The molecule has 0 saturated carbocycles. The molecule has 0 aliphatic carbocycles. The summed E-state index contributed by atoms with van der Waals surface area (Å²) in [4.78, 5) is 26.6. The molecule has 0 aromatic carbocycles. The third-order valence-electron chi connectivity index (χ3n) is 4.19. The Hall–Kier alpha value is -3.91. The molecule has 1 unspecified atom stereocenters. The summed E-state index contributed by atoms with van der Waals surface area (Å²) < 4.78 is 54.8. The van der Waals surface area contributed by atoms with E-state index < -0.39 is 29.7 Å². The zero-order valence-corrected chi connectivity index (χ0v) is 16.3. The van der Waals surface area contributed by atoms with E-state index in [1.54, 1.807) is 0 Å². The molecular formula is C17H17F4N9O2. The molecule has 0 fully saturated rings. The van der Waals surface area contributed by atoms with Gasteiger partial charge in [-0.1, -0.05) is 10.4 Å². The average Bonchev–Trinajstić information content (AvgIpc) is 3.40. The Morgan fingerprint density at radius 2 is 1.78 bits per heavy atom. The zero-order chi connectivity index (χ0) is 23.3. The maximum Gasteiger partial charge on any atom is 0.417 e. The van der Waals surface area contributed by atoms with Gasteiger partial charge in [-0.15, -0.1) is 10.2 Å². The highest BCUT2D eigenvalue weighted by Gasteiger charge is 2.31. The third kappa shape index (κ3) is 6.05. The monoisotopic (exact) mass is 455 g/mol. The van der Waals surface area contributed by atoms with E-state index >= 15 is 0 Å². The van der Waals surface area contributed by atoms with E-state index in [0.29, 0.717) is 6.20 Å². The molecule has 0 saturated heterocycles. The van der Waals surface area contributed by atoms with Crippen LogP contribution in [0.15, 0.2) is 30.9 Å². The van der Waals surface area contributed by atoms with Crippen LogP contribution >= 0.6 is 0 Å². The molecule has 0 aliphatic heterocycles. The number of nitrogens with two attached hydrogens (primary N) is 1. The van der Waals surface area contributed by atoms with E-state index in [-0.39, 0.29) is 43.0 Å². The maximum atomic E-state index is 14.2. The van der Waals surface area contributed by atoms with Crippen molar-refractivity contribution in [2.75, 3.05) is 0 Å². The Bertz CT molecular complexity index is 1100. The fourth-order valence-electron chi connectivity index (χ4n) is 2.59. The number of hydrogen-bond donors (Lipinski definition) is 2. The van der Waals surface area contributed by atoms with Crippen molar-refractivity contribution in [1.29, 1.82) is 0 Å². The summed E-state index contributed by atoms with van der Waals surface area (Å²) in [7, 11) is 0. The fraction of sp³-hybridized carbons (Fsp3) is 0.353. The average molecular weight is 455 g/mol. The molecule has 0 spiro atoms. The molecule has 32 heavy (non-hydrogen) atoms. The topological polar surface area (TPSA) is 146 Å². The van der Waals surface area contributed by atoms with Gasteiger partial charge in [0.25, 0.3) is 11.8 Å². The quantitative estimate of drug-likeness (QED) is 0.453. The van der Waals surface area contributed by atoms with Gasteiger partial charge in [0.15, 0.2) is 11.4 Å². The van der Waals surface area contributed by atoms with Gasteiger partial charge < -0.3 is 11.1 Å². The summed E-state index contributed by atoms with van der Waals surface area (Å²) in [6.45, 7) is -0.275. The van der Waals surface area contributed by atoms with Crippen LogP contribution in [0.3, 0.4) is 0 Å². The number of nitrogens with one attached hydrogen (secondary N) is 1. The van der Waals surface area contributed by atoms with E-state index in [9.17, 15) is 27.2 Å². The number of aryl methyl sites for hydroxylation is 1. The van der Waals surface area contributed by atoms with Gasteiger partial charge in [0.1, 0.15) is 6.17 Å². The summed E-state index contributed by atoms with van der Waals surface area (Å²) >= 11 is 0. The fourth-order valence-corrected chi connectivity index (χ4v) is 2.59. The Morgan fingerprint density at radius 3 is 2.47 bits per heavy atom. The van der Waals surface area contributed by atoms with Crippen LogP contribution in [-0.2, 0) is 25.8 Å². The van der Waals surface area contributed by atoms with Gasteiger partial charge >= 0.3 is 6.18 Å². The highest BCUT2D eigenvalue weighted by molar-refractivity contribution is 5.91. The first kappa shape index (κ1) is 22.8. The molecule has 0 aliphatic rings. The summed E-state index contributed by atoms with van der Waals surface area (Å²) in [6, 6.07) is 0.874. The summed E-state index contributed by atoms with van der Waals surface area (Å²) in [5, 5.41) is 16.9. The number of amides is 2. The van der Waals surface area contributed by atoms with Crippen molar-refractivity contribution in [2.24, 2.45) is 5.73 Å². The van der Waals surface area contributed by atoms with Gasteiger partial charge in [0.05, 0.1) is 24.5 Å². The molecule has 0 radical (unpaired) electrons. The van der Waals surface area contributed by atoms with Gasteiger partial charge in [-0.05, 0) is 11.6 Å². The van der Waals surface area contributed by atoms with Crippen molar-refractivity contribution in [3.05, 3.63) is 53.4 Å². The Morgan fingerprint density at radius 1 is 1.09 bits per heavy atom. The van der Waals surface area contributed by atoms with E-state index in [2.05, 4.69) is 30.9 Å². The number of hydrogen-bond acceptors (Lipinski definition) is 7. The minimum atomic E-state index is -4.54. The second kappa shape index (κ2) is 9.49. The number of nitrogens with zero attached hydrogens (tertiary/aromatic N) is 7. The lowest BCUT2D eigenvalue weighted by atomic mass is 10.2. The molecule has 0 bridgehead atoms. The van der Waals surface area contributed by atoms with Gasteiger partial charge in [0.2, 0.25) is 0 Å². The molecule has 3 N–H and O–H groups in total. The highest BCUT2D eigenvalue weighted by Crippen LogP contribution is 2.28. The number of rotatable bonds is 9. The molecule has 11 nitrogen and oxygen atoms in total. The first-order valence-corrected chi connectivity index (χ1v) is 9.15. The first-order chi connectivity index (χ1) is 15.1. The van der Waals surface area contributed by atoms with Crippen molar-refractivity contribution >= 4 is 11.8 Å². The lowest BCUT2D eigenvalue weighted by Crippen LogP contribution is -2.23. The van der Waals surface area contributed by atoms with Crippen LogP contribution in [-0.4, -0.2) is 53.0 Å². The number of primary amides is 1. The smallest absolute Gasteiger partial charge is 0.364 e. The number of halogens is 4. The van der Waals surface area contributed by atoms with Crippen LogP contribution in [0.1, 0.15) is 38.5 Å². The molecule has 170 valence electrons. The van der Waals surface area contributed by atoms with Crippen molar-refractivity contribution < 1.29 is 27.2 Å². The molecule has 3 aromatic heterocycles. The lowest BCUT2D eigenvalue weighted by Gasteiger charge is -2.08. The normalized spacial score (nSPS) is 12.5. The van der Waals surface area contributed by atoms with Crippen molar-refractivity contribution in [2.45, 2.75) is 38.4 Å².